The van der Waals surface area contributed by atoms with Crippen molar-refractivity contribution in [3.05, 3.63) is 0 Å². The van der Waals surface area contributed by atoms with Gasteiger partial charge in [0.15, 0.2) is 30.4 Å². The van der Waals surface area contributed by atoms with E-state index in [0.29, 0.717) is 0 Å². The number of thioether (sulfide) groups is 1. The van der Waals surface area contributed by atoms with Crippen LogP contribution in [0.1, 0.15) is 41.5 Å². The molecule has 10 atom stereocenters. The average Bonchev–Trinajstić information content (AvgIpc) is 3.26. The minimum absolute atomic E-state index is 0.0713. The molecule has 0 aliphatic carbocycles. The molecule has 0 amide bonds. The lowest BCUT2D eigenvalue weighted by Crippen LogP contribution is -2.61. The second-order valence-corrected chi connectivity index (χ2v) is 10.7. The van der Waals surface area contributed by atoms with Crippen LogP contribution >= 0.6 is 11.8 Å². The van der Waals surface area contributed by atoms with Crippen LogP contribution in [-0.2, 0) is 57.1 Å². The second-order valence-electron chi connectivity index (χ2n) is 9.52. The Morgan fingerprint density at radius 2 is 1.39 bits per heavy atom. The number of esters is 4. The molecule has 0 aromatic rings. The van der Waals surface area contributed by atoms with Gasteiger partial charge < -0.3 is 48.1 Å². The van der Waals surface area contributed by atoms with Crippen molar-refractivity contribution in [3.8, 4) is 0 Å². The van der Waals surface area contributed by atoms with E-state index in [0.717, 1.165) is 32.5 Å². The summed E-state index contributed by atoms with van der Waals surface area (Å²) in [7, 11) is 0. The number of carbonyl (C=O) groups is 4. The SMILES string of the molecule is CC(=O)OC[C@H]1O[C@@H](SC[C@@H](O)[C@H]2O[C@H](O)[C@H]3OC(C)(C)O[C@@H]23)[C@H](OC(C)=O)[C@@H](OC(C)=O)[C@@H]1OC(C)=O. The third-order valence-electron chi connectivity index (χ3n) is 5.82. The van der Waals surface area contributed by atoms with Crippen LogP contribution in [0.4, 0.5) is 0 Å². The van der Waals surface area contributed by atoms with Crippen molar-refractivity contribution in [2.75, 3.05) is 12.4 Å². The van der Waals surface area contributed by atoms with Crippen molar-refractivity contribution in [2.24, 2.45) is 0 Å². The van der Waals surface area contributed by atoms with E-state index in [1.807, 2.05) is 0 Å². The van der Waals surface area contributed by atoms with E-state index in [1.54, 1.807) is 13.8 Å². The Kier molecular flexibility index (Phi) is 10.00. The van der Waals surface area contributed by atoms with Gasteiger partial charge in [-0.05, 0) is 13.8 Å². The molecule has 3 aliphatic rings. The maximum Gasteiger partial charge on any atom is 0.303 e. The molecule has 3 saturated heterocycles. The van der Waals surface area contributed by atoms with Crippen LogP contribution < -0.4 is 0 Å². The average molecular weight is 567 g/mol. The summed E-state index contributed by atoms with van der Waals surface area (Å²) < 4.78 is 44.1. The molecule has 0 unspecified atom stereocenters. The summed E-state index contributed by atoms with van der Waals surface area (Å²) >= 11 is 0.988. The first kappa shape index (κ1) is 30.5. The highest BCUT2D eigenvalue weighted by molar-refractivity contribution is 7.99. The number of hydrogen-bond acceptors (Lipinski definition) is 15. The van der Waals surface area contributed by atoms with Crippen LogP contribution in [0.5, 0.6) is 0 Å². The zero-order valence-electron chi connectivity index (χ0n) is 21.9. The van der Waals surface area contributed by atoms with Crippen LogP contribution in [0, 0.1) is 0 Å². The van der Waals surface area contributed by atoms with Crippen molar-refractivity contribution in [2.45, 2.75) is 108 Å². The molecule has 38 heavy (non-hydrogen) atoms. The molecule has 0 bridgehead atoms. The van der Waals surface area contributed by atoms with Gasteiger partial charge in [-0.15, -0.1) is 11.8 Å². The molecule has 0 saturated carbocycles. The van der Waals surface area contributed by atoms with Gasteiger partial charge in [0.25, 0.3) is 0 Å². The molecule has 0 aromatic heterocycles. The topological polar surface area (TPSA) is 183 Å². The Labute approximate surface area is 223 Å². The number of aliphatic hydroxyl groups excluding tert-OH is 2. The molecule has 3 rings (SSSR count). The molecule has 14 nitrogen and oxygen atoms in total. The predicted molar refractivity (Wildman–Crippen MR) is 125 cm³/mol. The zero-order chi connectivity index (χ0) is 28.4. The van der Waals surface area contributed by atoms with Gasteiger partial charge in [0.2, 0.25) is 0 Å². The summed E-state index contributed by atoms with van der Waals surface area (Å²) in [6.45, 7) is 7.56. The minimum Gasteiger partial charge on any atom is -0.463 e. The highest BCUT2D eigenvalue weighted by Crippen LogP contribution is 2.40. The van der Waals surface area contributed by atoms with E-state index in [2.05, 4.69) is 0 Å². The van der Waals surface area contributed by atoms with Gasteiger partial charge in [0, 0.05) is 33.4 Å². The summed E-state index contributed by atoms with van der Waals surface area (Å²) in [4.78, 5) is 47.2. The first-order valence-electron chi connectivity index (χ1n) is 12.0. The van der Waals surface area contributed by atoms with Gasteiger partial charge >= 0.3 is 23.9 Å². The van der Waals surface area contributed by atoms with E-state index in [1.165, 1.54) is 6.92 Å². The molecule has 2 N–H and O–H groups in total. The zero-order valence-corrected chi connectivity index (χ0v) is 22.7. The van der Waals surface area contributed by atoms with Gasteiger partial charge in [-0.3, -0.25) is 19.2 Å². The lowest BCUT2D eigenvalue weighted by molar-refractivity contribution is -0.237. The highest BCUT2D eigenvalue weighted by atomic mass is 32.2. The van der Waals surface area contributed by atoms with Crippen molar-refractivity contribution in [1.29, 1.82) is 0 Å². The Hall–Kier alpha value is -2.01. The van der Waals surface area contributed by atoms with E-state index in [4.69, 9.17) is 37.9 Å². The molecule has 0 spiro atoms. The fourth-order valence-electron chi connectivity index (χ4n) is 4.53. The van der Waals surface area contributed by atoms with Crippen molar-refractivity contribution >= 4 is 35.6 Å². The molecule has 0 aromatic carbocycles. The number of rotatable bonds is 9. The summed E-state index contributed by atoms with van der Waals surface area (Å²) in [5.41, 5.74) is -1.07. The molecular weight excluding hydrogens is 532 g/mol. The first-order chi connectivity index (χ1) is 17.7. The van der Waals surface area contributed by atoms with Crippen molar-refractivity contribution in [1.82, 2.24) is 0 Å². The van der Waals surface area contributed by atoms with E-state index >= 15 is 0 Å². The lowest BCUT2D eigenvalue weighted by atomic mass is 9.99. The van der Waals surface area contributed by atoms with Gasteiger partial charge in [-0.1, -0.05) is 0 Å². The second kappa shape index (κ2) is 12.4. The summed E-state index contributed by atoms with van der Waals surface area (Å²) in [5, 5.41) is 21.1. The molecule has 0 radical (unpaired) electrons. The largest absolute Gasteiger partial charge is 0.463 e. The Morgan fingerprint density at radius 3 is 1.97 bits per heavy atom. The standard InChI is InChI=1S/C23H34O14S/c1-9(24)30-7-14-16(31-10(2)25)17(32-11(3)26)20(33-12(4)27)22(34-14)38-8-13(28)15-18-19(21(29)35-15)37-23(5,6)36-18/h13-22,28-29H,7-8H2,1-6H3/t13-,14-,15-,16-,17+,18+,19+,20-,21+,22+/m1/s1. The van der Waals surface area contributed by atoms with Crippen LogP contribution in [0.25, 0.3) is 0 Å². The number of ether oxygens (including phenoxy) is 8. The van der Waals surface area contributed by atoms with E-state index in [9.17, 15) is 29.4 Å². The van der Waals surface area contributed by atoms with Crippen LogP contribution in [0.15, 0.2) is 0 Å². The normalized spacial score (nSPS) is 36.6. The molecular formula is C23H34O14S. The molecule has 15 heteroatoms. The fraction of sp³-hybridized carbons (Fsp3) is 0.826. The Morgan fingerprint density at radius 1 is 0.842 bits per heavy atom. The van der Waals surface area contributed by atoms with Crippen molar-refractivity contribution in [3.63, 3.8) is 0 Å². The quantitative estimate of drug-likeness (QED) is 0.266. The maximum absolute atomic E-state index is 12.0. The summed E-state index contributed by atoms with van der Waals surface area (Å²) in [6.07, 6.45) is -9.95. The Bertz CT molecular complexity index is 895. The number of hydrogen-bond donors (Lipinski definition) is 2. The summed E-state index contributed by atoms with van der Waals surface area (Å²) in [5.74, 6) is -3.90. The van der Waals surface area contributed by atoms with Gasteiger partial charge in [0.1, 0.15) is 36.5 Å². The van der Waals surface area contributed by atoms with Gasteiger partial charge in [0.05, 0.1) is 6.10 Å². The lowest BCUT2D eigenvalue weighted by Gasteiger charge is -2.44. The number of fused-ring (bicyclic) bond motifs is 1. The minimum atomic E-state index is -1.31. The maximum atomic E-state index is 12.0. The fourth-order valence-corrected chi connectivity index (χ4v) is 5.73. The van der Waals surface area contributed by atoms with E-state index < -0.39 is 90.2 Å². The third kappa shape index (κ3) is 7.55. The van der Waals surface area contributed by atoms with E-state index in [-0.39, 0.29) is 12.4 Å². The first-order valence-corrected chi connectivity index (χ1v) is 13.0. The van der Waals surface area contributed by atoms with Crippen LogP contribution in [0.3, 0.4) is 0 Å². The smallest absolute Gasteiger partial charge is 0.303 e. The van der Waals surface area contributed by atoms with Gasteiger partial charge in [-0.2, -0.15) is 0 Å². The van der Waals surface area contributed by atoms with Crippen LogP contribution in [0.2, 0.25) is 0 Å². The monoisotopic (exact) mass is 566 g/mol. The molecule has 3 aliphatic heterocycles. The molecule has 3 fully saturated rings. The van der Waals surface area contributed by atoms with Crippen molar-refractivity contribution < 1.29 is 67.3 Å². The highest BCUT2D eigenvalue weighted by Gasteiger charge is 2.57. The third-order valence-corrected chi connectivity index (χ3v) is 7.07. The number of carbonyl (C=O) groups excluding carboxylic acids is 4. The Balaban J connectivity index is 1.81. The number of aliphatic hydroxyl groups is 2. The summed E-state index contributed by atoms with van der Waals surface area (Å²) in [6, 6.07) is 0. The predicted octanol–water partition coefficient (Wildman–Crippen LogP) is -0.599. The van der Waals surface area contributed by atoms with Gasteiger partial charge in [-0.25, -0.2) is 0 Å². The molecule has 216 valence electrons. The molecule has 3 heterocycles. The van der Waals surface area contributed by atoms with Crippen LogP contribution in [-0.4, -0.2) is 113 Å².